The van der Waals surface area contributed by atoms with Crippen LogP contribution in [0.5, 0.6) is 0 Å². The summed E-state index contributed by atoms with van der Waals surface area (Å²) in [6.07, 6.45) is 0.677. The van der Waals surface area contributed by atoms with Crippen molar-refractivity contribution in [3.8, 4) is 0 Å². The van der Waals surface area contributed by atoms with Gasteiger partial charge in [-0.2, -0.15) is 0 Å². The summed E-state index contributed by atoms with van der Waals surface area (Å²) in [6.45, 7) is 55.7. The van der Waals surface area contributed by atoms with E-state index in [0.29, 0.717) is 18.0 Å². The molecule has 0 saturated heterocycles. The van der Waals surface area contributed by atoms with Crippen LogP contribution in [0.2, 0.25) is 0 Å². The normalized spacial score (nSPS) is 14.4. The minimum Gasteiger partial charge on any atom is -0.460 e. The lowest BCUT2D eigenvalue weighted by atomic mass is 9.76. The average Bonchev–Trinajstić information content (AvgIpc) is 2.87. The van der Waals surface area contributed by atoms with Gasteiger partial charge in [0.05, 0.1) is 25.6 Å². The third-order valence-corrected chi connectivity index (χ3v) is 13.3. The van der Waals surface area contributed by atoms with E-state index in [1.165, 1.54) is 0 Å². The fourth-order valence-corrected chi connectivity index (χ4v) is 5.97. The van der Waals surface area contributed by atoms with E-state index >= 15 is 0 Å². The third kappa shape index (κ3) is 32.7. The molecule has 60 heavy (non-hydrogen) atoms. The molecule has 0 aliphatic heterocycles. The van der Waals surface area contributed by atoms with Gasteiger partial charge in [-0.1, -0.05) is 125 Å². The van der Waals surface area contributed by atoms with Gasteiger partial charge in [-0.25, -0.2) is 12.6 Å². The molecule has 10 nitrogen and oxygen atoms in total. The molecule has 0 spiro atoms. The third-order valence-electron chi connectivity index (χ3n) is 8.15. The predicted octanol–water partition coefficient (Wildman–Crippen LogP) is 12.3. The van der Waals surface area contributed by atoms with Gasteiger partial charge in [0.25, 0.3) is 0 Å². The Balaban J connectivity index is -0.000000211. The maximum atomic E-state index is 11.9. The summed E-state index contributed by atoms with van der Waals surface area (Å²) in [6, 6.07) is 0. The van der Waals surface area contributed by atoms with Gasteiger partial charge in [0.15, 0.2) is 21.4 Å². The number of Topliss-reactive ketones (excluding diaryl/α,β-unsaturated/α-hetero) is 4. The molecule has 0 amide bonds. The zero-order chi connectivity index (χ0) is 50.7. The van der Waals surface area contributed by atoms with Crippen LogP contribution in [0.1, 0.15) is 214 Å². The smallest absolute Gasteiger partial charge is 0.311 e. The van der Waals surface area contributed by atoms with E-state index in [-0.39, 0.29) is 56.3 Å². The van der Waals surface area contributed by atoms with E-state index in [1.54, 1.807) is 83.1 Å². The highest BCUT2D eigenvalue weighted by atomic mass is 32.2. The van der Waals surface area contributed by atoms with Crippen LogP contribution in [-0.2, 0) is 48.3 Å². The Morgan fingerprint density at radius 1 is 0.400 bits per heavy atom. The standard InChI is InChI=1S/C10H21NO2S.C10H20O3S.C10H20O.C9H18O2.C9H18O/c1-9(2,3)8(12)7-14(11,13)10(4,5)6;1-9(2,3)8(11)7-14(12,13)10(4,5)6;1-9(2,3)7-8(11)10(4,5)6;1-8(2,3)7(10)11-9(4,5)6;1-8(2,3)7(10)9(4,5)6/h11H,7H2,1-6H3;7H2,1-6H3;7H2,1-6H3;1-6H3;1-6H3. The molecule has 0 aliphatic rings. The first-order valence-electron chi connectivity index (χ1n) is 21.0. The van der Waals surface area contributed by atoms with E-state index in [2.05, 4.69) is 20.8 Å². The lowest BCUT2D eigenvalue weighted by Crippen LogP contribution is -2.37. The van der Waals surface area contributed by atoms with Crippen molar-refractivity contribution >= 4 is 48.7 Å². The first-order valence-corrected chi connectivity index (χ1v) is 24.4. The number of carbonyl (C=O) groups excluding carboxylic acids is 5. The topological polar surface area (TPSA) is 170 Å². The number of nitrogens with one attached hydrogen (secondary N) is 1. The fourth-order valence-electron chi connectivity index (χ4n) is 3.53. The average molecular weight is 896 g/mol. The second-order valence-electron chi connectivity index (χ2n) is 26.1. The Hall–Kier alpha value is -1.95. The molecule has 0 aromatic carbocycles. The van der Waals surface area contributed by atoms with Crippen molar-refractivity contribution in [2.75, 3.05) is 11.5 Å². The summed E-state index contributed by atoms with van der Waals surface area (Å²) in [5.41, 5.74) is -2.29. The minimum atomic E-state index is -3.33. The SMILES string of the molecule is CC(C)(C)C(=O)C(C)(C)C.CC(C)(C)C(=O)CS(=N)(=O)C(C)(C)C.CC(C)(C)C(=O)CS(=O)(=O)C(C)(C)C.CC(C)(C)CC(=O)C(C)(C)C.CC(C)(C)OC(=O)C(C)(C)C. The first-order chi connectivity index (χ1) is 25.2. The first kappa shape index (κ1) is 67.1. The van der Waals surface area contributed by atoms with Crippen LogP contribution in [0.15, 0.2) is 0 Å². The van der Waals surface area contributed by atoms with Crippen LogP contribution >= 0.6 is 0 Å². The van der Waals surface area contributed by atoms with Crippen molar-refractivity contribution in [1.82, 2.24) is 0 Å². The van der Waals surface area contributed by atoms with Gasteiger partial charge in [-0.15, -0.1) is 0 Å². The lowest BCUT2D eigenvalue weighted by molar-refractivity contribution is -0.164. The fraction of sp³-hybridized carbons (Fsp3) is 0.896. The summed E-state index contributed by atoms with van der Waals surface area (Å²) in [5, 5.41) is 0. The van der Waals surface area contributed by atoms with Gasteiger partial charge < -0.3 is 4.74 Å². The molecule has 0 bridgehead atoms. The molecule has 0 aromatic heterocycles. The molecular formula is C48H97NO9S2. The molecule has 0 radical (unpaired) electrons. The monoisotopic (exact) mass is 896 g/mol. The highest BCUT2D eigenvalue weighted by Crippen LogP contribution is 2.29. The maximum Gasteiger partial charge on any atom is 0.311 e. The number of sulfone groups is 1. The van der Waals surface area contributed by atoms with Crippen LogP contribution < -0.4 is 0 Å². The van der Waals surface area contributed by atoms with Gasteiger partial charge in [0.1, 0.15) is 22.9 Å². The quantitative estimate of drug-likeness (QED) is 0.264. The second kappa shape index (κ2) is 22.6. The molecule has 0 saturated carbocycles. The number of ether oxygens (including phenoxy) is 1. The summed E-state index contributed by atoms with van der Waals surface area (Å²) >= 11 is 0. The van der Waals surface area contributed by atoms with Crippen LogP contribution in [0.3, 0.4) is 0 Å². The highest BCUT2D eigenvalue weighted by Gasteiger charge is 2.35. The number of esters is 1. The highest BCUT2D eigenvalue weighted by molar-refractivity contribution is 7.94. The summed E-state index contributed by atoms with van der Waals surface area (Å²) in [7, 11) is -6.16. The van der Waals surface area contributed by atoms with Gasteiger partial charge in [0.2, 0.25) is 0 Å². The van der Waals surface area contributed by atoms with Gasteiger partial charge in [-0.3, -0.25) is 28.8 Å². The Morgan fingerprint density at radius 3 is 0.817 bits per heavy atom. The van der Waals surface area contributed by atoms with Gasteiger partial charge in [0, 0.05) is 38.2 Å². The molecule has 0 rings (SSSR count). The number of rotatable bonds is 5. The van der Waals surface area contributed by atoms with Crippen molar-refractivity contribution in [2.24, 2.45) is 37.9 Å². The minimum absolute atomic E-state index is 0.104. The Labute approximate surface area is 372 Å². The molecule has 12 heteroatoms. The van der Waals surface area contributed by atoms with Crippen molar-refractivity contribution in [2.45, 2.75) is 229 Å². The van der Waals surface area contributed by atoms with Gasteiger partial charge in [-0.05, 0) is 88.5 Å². The molecule has 1 unspecified atom stereocenters. The van der Waals surface area contributed by atoms with Crippen LogP contribution in [0.25, 0.3) is 0 Å². The van der Waals surface area contributed by atoms with Crippen molar-refractivity contribution in [3.05, 3.63) is 0 Å². The van der Waals surface area contributed by atoms with Crippen molar-refractivity contribution in [3.63, 3.8) is 0 Å². The van der Waals surface area contributed by atoms with E-state index in [1.807, 2.05) is 104 Å². The molecule has 0 fully saturated rings. The number of hydrogen-bond donors (Lipinski definition) is 1. The van der Waals surface area contributed by atoms with E-state index in [0.717, 1.165) is 0 Å². The number of carbonyl (C=O) groups is 5. The molecular weight excluding hydrogens is 799 g/mol. The summed E-state index contributed by atoms with van der Waals surface area (Å²) in [4.78, 5) is 57.4. The molecule has 0 aliphatic carbocycles. The van der Waals surface area contributed by atoms with Crippen molar-refractivity contribution < 1.29 is 41.3 Å². The van der Waals surface area contributed by atoms with E-state index in [4.69, 9.17) is 9.52 Å². The predicted molar refractivity (Wildman–Crippen MR) is 256 cm³/mol. The summed E-state index contributed by atoms with van der Waals surface area (Å²) < 4.78 is 46.7. The van der Waals surface area contributed by atoms with E-state index < -0.39 is 45.3 Å². The molecule has 1 N–H and O–H groups in total. The maximum absolute atomic E-state index is 11.9. The Kier molecular flexibility index (Phi) is 25.3. The molecule has 360 valence electrons. The van der Waals surface area contributed by atoms with E-state index in [9.17, 15) is 36.6 Å². The number of hydrogen-bond acceptors (Lipinski definition) is 10. The van der Waals surface area contributed by atoms with Gasteiger partial charge >= 0.3 is 5.97 Å². The molecule has 1 atom stereocenters. The largest absolute Gasteiger partial charge is 0.460 e. The molecule has 0 heterocycles. The van der Waals surface area contributed by atoms with Crippen molar-refractivity contribution in [1.29, 1.82) is 4.78 Å². The molecule has 0 aromatic rings. The van der Waals surface area contributed by atoms with Crippen LogP contribution in [0, 0.1) is 42.7 Å². The lowest BCUT2D eigenvalue weighted by Gasteiger charge is -2.26. The number of ketones is 4. The Morgan fingerprint density at radius 2 is 0.683 bits per heavy atom. The zero-order valence-electron chi connectivity index (χ0n) is 44.6. The Bertz CT molecular complexity index is 1490. The zero-order valence-corrected chi connectivity index (χ0v) is 46.2. The van der Waals surface area contributed by atoms with Crippen LogP contribution in [-0.4, -0.2) is 68.3 Å². The second-order valence-corrected chi connectivity index (χ2v) is 31.7. The summed E-state index contributed by atoms with van der Waals surface area (Å²) in [5.74, 6) is -0.310. The van der Waals surface area contributed by atoms with Crippen LogP contribution in [0.4, 0.5) is 0 Å².